The summed E-state index contributed by atoms with van der Waals surface area (Å²) in [5.41, 5.74) is 5.76. The minimum atomic E-state index is -0.264. The van der Waals surface area contributed by atoms with E-state index in [1.165, 1.54) is 11.1 Å². The van der Waals surface area contributed by atoms with Crippen LogP contribution in [-0.4, -0.2) is 11.9 Å². The number of rotatable bonds is 4. The quantitative estimate of drug-likeness (QED) is 0.321. The molecule has 168 valence electrons. The van der Waals surface area contributed by atoms with Gasteiger partial charge in [0.2, 0.25) is 0 Å². The molecule has 0 unspecified atom stereocenters. The maximum Gasteiger partial charge on any atom is 0.426 e. The van der Waals surface area contributed by atoms with Gasteiger partial charge < -0.3 is 4.65 Å². The molecule has 0 aliphatic rings. The third-order valence-corrected chi connectivity index (χ3v) is 6.41. The van der Waals surface area contributed by atoms with Crippen LogP contribution in [0.4, 0.5) is 0 Å². The molecule has 0 saturated heterocycles. The molecule has 33 heavy (non-hydrogen) atoms. The molecule has 0 fully saturated rings. The van der Waals surface area contributed by atoms with E-state index in [0.29, 0.717) is 5.02 Å². The summed E-state index contributed by atoms with van der Waals surface area (Å²) in [5, 5.41) is 1.56. The Labute approximate surface area is 203 Å². The predicted octanol–water partition coefficient (Wildman–Crippen LogP) is 6.67. The molecule has 0 bridgehead atoms. The molecule has 4 rings (SSSR count). The average molecular weight is 456 g/mol. The summed E-state index contributed by atoms with van der Waals surface area (Å²) >= 11 is 6.42. The number of aromatic nitrogens is 1. The highest BCUT2D eigenvalue weighted by Gasteiger charge is 2.26. The standard InChI is InChI=1S/C29H31BClNO/c1-28(2,3)20-9-13-22(14-10-20)30(23-15-11-21(12-16-23)29(4,5)6)33-26-18-17-25(31)24-8-7-19-32-27(24)26/h7-19H,1-6H3. The van der Waals surface area contributed by atoms with E-state index in [0.717, 1.165) is 27.6 Å². The van der Waals surface area contributed by atoms with Crippen LogP contribution in [0.15, 0.2) is 79.0 Å². The summed E-state index contributed by atoms with van der Waals surface area (Å²) in [4.78, 5) is 4.57. The molecule has 0 saturated carbocycles. The first kappa shape index (κ1) is 23.4. The van der Waals surface area contributed by atoms with Crippen LogP contribution in [-0.2, 0) is 10.8 Å². The summed E-state index contributed by atoms with van der Waals surface area (Å²) in [6, 6.07) is 25.2. The van der Waals surface area contributed by atoms with E-state index in [4.69, 9.17) is 16.3 Å². The molecule has 0 N–H and O–H groups in total. The molecule has 1 aromatic heterocycles. The van der Waals surface area contributed by atoms with Crippen LogP contribution >= 0.6 is 11.6 Å². The maximum atomic E-state index is 6.68. The van der Waals surface area contributed by atoms with Crippen molar-refractivity contribution in [3.05, 3.63) is 95.1 Å². The molecular weight excluding hydrogens is 425 g/mol. The Bertz CT molecular complexity index is 1190. The molecule has 0 radical (unpaired) electrons. The van der Waals surface area contributed by atoms with Crippen molar-refractivity contribution in [1.29, 1.82) is 0 Å². The third-order valence-electron chi connectivity index (χ3n) is 6.08. The van der Waals surface area contributed by atoms with Gasteiger partial charge in [0.1, 0.15) is 11.3 Å². The van der Waals surface area contributed by atoms with E-state index in [9.17, 15) is 0 Å². The zero-order chi connectivity index (χ0) is 23.8. The fourth-order valence-electron chi connectivity index (χ4n) is 3.98. The van der Waals surface area contributed by atoms with Crippen molar-refractivity contribution in [2.24, 2.45) is 0 Å². The molecule has 0 amide bonds. The number of hydrogen-bond donors (Lipinski definition) is 0. The molecule has 2 nitrogen and oxygen atoms in total. The lowest BCUT2D eigenvalue weighted by atomic mass is 9.55. The summed E-state index contributed by atoms with van der Waals surface area (Å²) in [5.74, 6) is 0.722. The molecular formula is C29H31BClNO. The normalized spacial score (nSPS) is 12.1. The van der Waals surface area contributed by atoms with E-state index in [1.54, 1.807) is 6.20 Å². The summed E-state index contributed by atoms with van der Waals surface area (Å²) in [7, 11) is 0. The number of fused-ring (bicyclic) bond motifs is 1. The van der Waals surface area contributed by atoms with Gasteiger partial charge >= 0.3 is 6.92 Å². The highest BCUT2D eigenvalue weighted by atomic mass is 35.5. The van der Waals surface area contributed by atoms with Gasteiger partial charge in [-0.15, -0.1) is 0 Å². The van der Waals surface area contributed by atoms with E-state index in [1.807, 2.05) is 24.3 Å². The Morgan fingerprint density at radius 2 is 1.21 bits per heavy atom. The molecule has 0 atom stereocenters. The zero-order valence-corrected chi connectivity index (χ0v) is 21.1. The van der Waals surface area contributed by atoms with Gasteiger partial charge in [0.05, 0.1) is 5.02 Å². The second-order valence-corrected chi connectivity index (χ2v) is 11.1. The van der Waals surface area contributed by atoms with Crippen LogP contribution in [0.5, 0.6) is 5.75 Å². The Morgan fingerprint density at radius 1 is 0.697 bits per heavy atom. The van der Waals surface area contributed by atoms with Crippen molar-refractivity contribution in [3.8, 4) is 5.75 Å². The van der Waals surface area contributed by atoms with Crippen LogP contribution in [0.1, 0.15) is 52.7 Å². The Hall–Kier alpha value is -2.78. The number of benzene rings is 3. The van der Waals surface area contributed by atoms with Gasteiger partial charge in [0.15, 0.2) is 0 Å². The highest BCUT2D eigenvalue weighted by molar-refractivity contribution is 6.80. The second-order valence-electron chi connectivity index (χ2n) is 10.7. The molecule has 4 aromatic rings. The van der Waals surface area contributed by atoms with Gasteiger partial charge in [-0.25, -0.2) is 0 Å². The van der Waals surface area contributed by atoms with Crippen LogP contribution in [0.2, 0.25) is 5.02 Å². The SMILES string of the molecule is CC(C)(C)c1ccc(B(Oc2ccc(Cl)c3cccnc23)c2ccc(C(C)(C)C)cc2)cc1. The lowest BCUT2D eigenvalue weighted by Gasteiger charge is -2.23. The average Bonchev–Trinajstić information content (AvgIpc) is 2.78. The van der Waals surface area contributed by atoms with E-state index < -0.39 is 0 Å². The van der Waals surface area contributed by atoms with Crippen LogP contribution < -0.4 is 15.6 Å². The van der Waals surface area contributed by atoms with Gasteiger partial charge in [-0.1, -0.05) is 102 Å². The largest absolute Gasteiger partial charge is 0.550 e. The molecule has 0 spiro atoms. The molecule has 1 heterocycles. The van der Waals surface area contributed by atoms with Gasteiger partial charge in [0, 0.05) is 11.6 Å². The van der Waals surface area contributed by atoms with Crippen LogP contribution in [0, 0.1) is 0 Å². The number of nitrogens with zero attached hydrogens (tertiary/aromatic N) is 1. The summed E-state index contributed by atoms with van der Waals surface area (Å²) in [6.07, 6.45) is 1.77. The van der Waals surface area contributed by atoms with Gasteiger partial charge in [0.25, 0.3) is 0 Å². The predicted molar refractivity (Wildman–Crippen MR) is 143 cm³/mol. The lowest BCUT2D eigenvalue weighted by Crippen LogP contribution is -2.47. The van der Waals surface area contributed by atoms with Gasteiger partial charge in [-0.2, -0.15) is 0 Å². The Balaban J connectivity index is 1.79. The smallest absolute Gasteiger partial charge is 0.426 e. The lowest BCUT2D eigenvalue weighted by molar-refractivity contribution is 0.588. The Morgan fingerprint density at radius 3 is 1.70 bits per heavy atom. The number of hydrogen-bond acceptors (Lipinski definition) is 2. The van der Waals surface area contributed by atoms with Crippen molar-refractivity contribution in [3.63, 3.8) is 0 Å². The van der Waals surface area contributed by atoms with Gasteiger partial charge in [-0.05, 0) is 57.1 Å². The molecule has 0 aliphatic heterocycles. The first-order valence-corrected chi connectivity index (χ1v) is 11.8. The maximum absolute atomic E-state index is 6.68. The topological polar surface area (TPSA) is 22.1 Å². The van der Waals surface area contributed by atoms with Crippen molar-refractivity contribution in [2.75, 3.05) is 0 Å². The highest BCUT2D eigenvalue weighted by Crippen LogP contribution is 2.30. The fourth-order valence-corrected chi connectivity index (χ4v) is 4.19. The summed E-state index contributed by atoms with van der Waals surface area (Å²) in [6.45, 7) is 13.1. The number of halogens is 1. The van der Waals surface area contributed by atoms with Gasteiger partial charge in [-0.3, -0.25) is 4.98 Å². The minimum absolute atomic E-state index is 0.0968. The first-order chi connectivity index (χ1) is 15.5. The van der Waals surface area contributed by atoms with Crippen molar-refractivity contribution in [2.45, 2.75) is 52.4 Å². The Kier molecular flexibility index (Phi) is 6.29. The fraction of sp³-hybridized carbons (Fsp3) is 0.276. The first-order valence-electron chi connectivity index (χ1n) is 11.4. The van der Waals surface area contributed by atoms with Crippen molar-refractivity contribution in [1.82, 2.24) is 4.98 Å². The van der Waals surface area contributed by atoms with Crippen LogP contribution in [0.25, 0.3) is 10.9 Å². The summed E-state index contributed by atoms with van der Waals surface area (Å²) < 4.78 is 6.68. The van der Waals surface area contributed by atoms with E-state index in [2.05, 4.69) is 95.1 Å². The second kappa shape index (κ2) is 8.87. The monoisotopic (exact) mass is 455 g/mol. The number of pyridine rings is 1. The van der Waals surface area contributed by atoms with E-state index >= 15 is 0 Å². The molecule has 0 aliphatic carbocycles. The third kappa shape index (κ3) is 5.09. The molecule has 4 heteroatoms. The zero-order valence-electron chi connectivity index (χ0n) is 20.3. The van der Waals surface area contributed by atoms with Crippen LogP contribution in [0.3, 0.4) is 0 Å². The van der Waals surface area contributed by atoms with Crippen molar-refractivity contribution < 1.29 is 4.65 Å². The molecule has 3 aromatic carbocycles. The van der Waals surface area contributed by atoms with Crippen molar-refractivity contribution >= 4 is 40.3 Å². The minimum Gasteiger partial charge on any atom is -0.550 e. The van der Waals surface area contributed by atoms with E-state index in [-0.39, 0.29) is 17.7 Å².